The summed E-state index contributed by atoms with van der Waals surface area (Å²) in [4.78, 5) is 11.0. The Morgan fingerprint density at radius 3 is 2.67 bits per heavy atom. The largest absolute Gasteiger partial charge is 0.478 e. The molecule has 21 heavy (non-hydrogen) atoms. The molecule has 1 aromatic rings. The van der Waals surface area contributed by atoms with Gasteiger partial charge in [-0.15, -0.1) is 0 Å². The lowest BCUT2D eigenvalue weighted by atomic mass is 9.85. The summed E-state index contributed by atoms with van der Waals surface area (Å²) in [5.41, 5.74) is 1.56. The van der Waals surface area contributed by atoms with Crippen molar-refractivity contribution in [1.29, 1.82) is 0 Å². The molecule has 6 heteroatoms. The first-order chi connectivity index (χ1) is 9.77. The highest BCUT2D eigenvalue weighted by atomic mass is 19.4. The van der Waals surface area contributed by atoms with E-state index in [1.807, 2.05) is 0 Å². The lowest BCUT2D eigenvalue weighted by molar-refractivity contribution is -0.182. The first kappa shape index (κ1) is 15.7. The molecule has 3 nitrogen and oxygen atoms in total. The summed E-state index contributed by atoms with van der Waals surface area (Å²) in [6.45, 7) is 1.80. The van der Waals surface area contributed by atoms with Gasteiger partial charge in [0.05, 0.1) is 11.5 Å². The first-order valence-corrected chi connectivity index (χ1v) is 6.94. The Hall–Kier alpha value is -1.72. The normalized spacial score (nSPS) is 22.9. The van der Waals surface area contributed by atoms with Crippen LogP contribution in [-0.2, 0) is 0 Å². The predicted octanol–water partition coefficient (Wildman–Crippen LogP) is 4.23. The molecule has 1 fully saturated rings. The zero-order chi connectivity index (χ0) is 15.6. The van der Waals surface area contributed by atoms with E-state index in [-0.39, 0.29) is 24.4 Å². The maximum Gasteiger partial charge on any atom is 0.391 e. The minimum atomic E-state index is -4.15. The molecule has 2 N–H and O–H groups in total. The van der Waals surface area contributed by atoms with Gasteiger partial charge in [0.15, 0.2) is 0 Å². The molecule has 0 aromatic heterocycles. The molecule has 0 heterocycles. The Bertz CT molecular complexity index is 528. The number of nitrogens with one attached hydrogen (secondary N) is 1. The standard InChI is InChI=1S/C15H18F3NO2/c1-9-5-6-10(14(20)21)7-13(9)19-12-4-2-3-11(8-12)15(16,17)18/h5-7,11-12,19H,2-4,8H2,1H3,(H,20,21). The number of halogens is 3. The number of hydrogen-bond acceptors (Lipinski definition) is 2. The van der Waals surface area contributed by atoms with Gasteiger partial charge in [-0.1, -0.05) is 12.5 Å². The van der Waals surface area contributed by atoms with Crippen LogP contribution in [0.5, 0.6) is 0 Å². The van der Waals surface area contributed by atoms with E-state index in [0.29, 0.717) is 18.5 Å². The van der Waals surface area contributed by atoms with E-state index in [9.17, 15) is 18.0 Å². The monoisotopic (exact) mass is 301 g/mol. The number of carbonyl (C=O) groups is 1. The number of aromatic carboxylic acids is 1. The van der Waals surface area contributed by atoms with Crippen LogP contribution in [0.25, 0.3) is 0 Å². The Kier molecular flexibility index (Phi) is 4.44. The molecule has 0 aliphatic heterocycles. The molecule has 2 atom stereocenters. The average Bonchev–Trinajstić information content (AvgIpc) is 2.40. The third-order valence-electron chi connectivity index (χ3n) is 3.98. The van der Waals surface area contributed by atoms with Crippen LogP contribution >= 0.6 is 0 Å². The van der Waals surface area contributed by atoms with Crippen LogP contribution in [0.3, 0.4) is 0 Å². The quantitative estimate of drug-likeness (QED) is 0.878. The van der Waals surface area contributed by atoms with Gasteiger partial charge in [-0.3, -0.25) is 0 Å². The fraction of sp³-hybridized carbons (Fsp3) is 0.533. The summed E-state index contributed by atoms with van der Waals surface area (Å²) in [6.07, 6.45) is -2.74. The lowest BCUT2D eigenvalue weighted by Gasteiger charge is -2.32. The summed E-state index contributed by atoms with van der Waals surface area (Å²) in [7, 11) is 0. The smallest absolute Gasteiger partial charge is 0.391 e. The second-order valence-corrected chi connectivity index (χ2v) is 5.58. The lowest BCUT2D eigenvalue weighted by Crippen LogP contribution is -2.34. The summed E-state index contributed by atoms with van der Waals surface area (Å²) in [5.74, 6) is -2.32. The molecule has 1 aliphatic rings. The highest BCUT2D eigenvalue weighted by Crippen LogP contribution is 2.38. The number of carboxylic acid groups (broad SMARTS) is 1. The van der Waals surface area contributed by atoms with Crippen molar-refractivity contribution in [2.24, 2.45) is 5.92 Å². The van der Waals surface area contributed by atoms with Crippen molar-refractivity contribution >= 4 is 11.7 Å². The molecular formula is C15H18F3NO2. The van der Waals surface area contributed by atoms with Crippen LogP contribution in [0, 0.1) is 12.8 Å². The van der Waals surface area contributed by atoms with Crippen molar-refractivity contribution in [3.8, 4) is 0 Å². The van der Waals surface area contributed by atoms with E-state index in [2.05, 4.69) is 5.32 Å². The fourth-order valence-electron chi connectivity index (χ4n) is 2.75. The van der Waals surface area contributed by atoms with E-state index >= 15 is 0 Å². The Morgan fingerprint density at radius 2 is 2.05 bits per heavy atom. The molecule has 0 saturated heterocycles. The Labute approximate surface area is 121 Å². The Balaban J connectivity index is 2.11. The zero-order valence-electron chi connectivity index (χ0n) is 11.7. The molecule has 116 valence electrons. The molecule has 1 aromatic carbocycles. The van der Waals surface area contributed by atoms with Gasteiger partial charge in [0.2, 0.25) is 0 Å². The average molecular weight is 301 g/mol. The van der Waals surface area contributed by atoms with E-state index in [4.69, 9.17) is 5.11 Å². The number of aryl methyl sites for hydroxylation is 1. The van der Waals surface area contributed by atoms with Crippen LogP contribution in [0.15, 0.2) is 18.2 Å². The number of alkyl halides is 3. The van der Waals surface area contributed by atoms with Crippen molar-refractivity contribution in [2.45, 2.75) is 44.8 Å². The number of rotatable bonds is 3. The maximum atomic E-state index is 12.8. The SMILES string of the molecule is Cc1ccc(C(=O)O)cc1NC1CCCC(C(F)(F)F)C1. The summed E-state index contributed by atoms with van der Waals surface area (Å²) in [6, 6.07) is 4.36. The van der Waals surface area contributed by atoms with Gasteiger partial charge in [-0.2, -0.15) is 13.2 Å². The van der Waals surface area contributed by atoms with Gasteiger partial charge in [0, 0.05) is 11.7 Å². The topological polar surface area (TPSA) is 49.3 Å². The maximum absolute atomic E-state index is 12.8. The minimum Gasteiger partial charge on any atom is -0.478 e. The molecule has 0 amide bonds. The number of hydrogen-bond donors (Lipinski definition) is 2. The minimum absolute atomic E-state index is 0.0419. The molecule has 1 saturated carbocycles. The van der Waals surface area contributed by atoms with Crippen LogP contribution in [0.1, 0.15) is 41.6 Å². The molecule has 0 radical (unpaired) electrons. The fourth-order valence-corrected chi connectivity index (χ4v) is 2.75. The van der Waals surface area contributed by atoms with E-state index in [1.165, 1.54) is 12.1 Å². The number of anilines is 1. The van der Waals surface area contributed by atoms with Crippen molar-refractivity contribution < 1.29 is 23.1 Å². The molecule has 1 aliphatic carbocycles. The van der Waals surface area contributed by atoms with Gasteiger partial charge in [0.1, 0.15) is 0 Å². The van der Waals surface area contributed by atoms with Crippen molar-refractivity contribution in [1.82, 2.24) is 0 Å². The van der Waals surface area contributed by atoms with Crippen molar-refractivity contribution in [3.63, 3.8) is 0 Å². The number of carboxylic acids is 1. The van der Waals surface area contributed by atoms with Crippen LogP contribution < -0.4 is 5.32 Å². The van der Waals surface area contributed by atoms with Gasteiger partial charge in [0.25, 0.3) is 0 Å². The highest BCUT2D eigenvalue weighted by Gasteiger charge is 2.42. The molecule has 0 spiro atoms. The van der Waals surface area contributed by atoms with Crippen molar-refractivity contribution in [2.75, 3.05) is 5.32 Å². The second-order valence-electron chi connectivity index (χ2n) is 5.58. The van der Waals surface area contributed by atoms with Gasteiger partial charge >= 0.3 is 12.1 Å². The first-order valence-electron chi connectivity index (χ1n) is 6.94. The van der Waals surface area contributed by atoms with Crippen LogP contribution in [0.4, 0.5) is 18.9 Å². The van der Waals surface area contributed by atoms with E-state index < -0.39 is 18.1 Å². The van der Waals surface area contributed by atoms with E-state index in [0.717, 1.165) is 5.56 Å². The molecule has 0 bridgehead atoms. The van der Waals surface area contributed by atoms with Gasteiger partial charge in [-0.25, -0.2) is 4.79 Å². The zero-order valence-corrected chi connectivity index (χ0v) is 11.7. The van der Waals surface area contributed by atoms with Crippen LogP contribution in [-0.4, -0.2) is 23.3 Å². The summed E-state index contributed by atoms with van der Waals surface area (Å²) >= 11 is 0. The third-order valence-corrected chi connectivity index (χ3v) is 3.98. The number of benzene rings is 1. The molecular weight excluding hydrogens is 283 g/mol. The van der Waals surface area contributed by atoms with Gasteiger partial charge < -0.3 is 10.4 Å². The van der Waals surface area contributed by atoms with Crippen LogP contribution in [0.2, 0.25) is 0 Å². The predicted molar refractivity (Wildman–Crippen MR) is 73.6 cm³/mol. The second kappa shape index (κ2) is 5.95. The Morgan fingerprint density at radius 1 is 1.33 bits per heavy atom. The van der Waals surface area contributed by atoms with E-state index in [1.54, 1.807) is 13.0 Å². The molecule has 2 rings (SSSR count). The molecule has 2 unspecified atom stereocenters. The highest BCUT2D eigenvalue weighted by molar-refractivity contribution is 5.89. The van der Waals surface area contributed by atoms with Crippen molar-refractivity contribution in [3.05, 3.63) is 29.3 Å². The summed E-state index contributed by atoms with van der Waals surface area (Å²) in [5, 5.41) is 12.1. The third kappa shape index (κ3) is 3.89. The summed E-state index contributed by atoms with van der Waals surface area (Å²) < 4.78 is 38.4. The van der Waals surface area contributed by atoms with Gasteiger partial charge in [-0.05, 0) is 43.9 Å².